The number of ether oxygens (including phenoxy) is 1. The molecule has 0 aromatic carbocycles. The summed E-state index contributed by atoms with van der Waals surface area (Å²) in [5, 5.41) is 5.41. The van der Waals surface area contributed by atoms with Crippen molar-refractivity contribution in [2.24, 2.45) is 5.41 Å². The number of rotatable bonds is 2. The minimum atomic E-state index is -0.366. The summed E-state index contributed by atoms with van der Waals surface area (Å²) in [6.45, 7) is 2.00. The lowest BCUT2D eigenvalue weighted by Crippen LogP contribution is -2.41. The number of carbonyl (C=O) groups is 1. The van der Waals surface area contributed by atoms with Crippen LogP contribution in [0.3, 0.4) is 0 Å². The molecule has 1 aromatic rings. The van der Waals surface area contributed by atoms with Gasteiger partial charge in [0.05, 0.1) is 17.6 Å². The highest BCUT2D eigenvalue weighted by Crippen LogP contribution is 2.48. The van der Waals surface area contributed by atoms with Gasteiger partial charge in [-0.2, -0.15) is 0 Å². The lowest BCUT2D eigenvalue weighted by atomic mass is 9.75. The lowest BCUT2D eigenvalue weighted by Gasteiger charge is -2.29. The fourth-order valence-electron chi connectivity index (χ4n) is 2.69. The molecule has 16 heavy (non-hydrogen) atoms. The largest absolute Gasteiger partial charge is 0.374 e. The van der Waals surface area contributed by atoms with Crippen molar-refractivity contribution in [3.63, 3.8) is 0 Å². The summed E-state index contributed by atoms with van der Waals surface area (Å²) in [6, 6.07) is 0. The Labute approximate surface area is 98.0 Å². The van der Waals surface area contributed by atoms with Gasteiger partial charge in [0.1, 0.15) is 0 Å². The number of fused-ring (bicyclic) bond motifs is 2. The van der Waals surface area contributed by atoms with Gasteiger partial charge < -0.3 is 10.1 Å². The van der Waals surface area contributed by atoms with Gasteiger partial charge in [0.15, 0.2) is 5.13 Å². The zero-order valence-corrected chi connectivity index (χ0v) is 9.92. The summed E-state index contributed by atoms with van der Waals surface area (Å²) >= 11 is 1.44. The van der Waals surface area contributed by atoms with E-state index in [1.54, 1.807) is 6.20 Å². The SMILES string of the molecule is C[C@]1(C(=O)Nc2nccs2)C[C@H]2CC[C@@H]1O2. The second-order valence-electron chi connectivity index (χ2n) is 4.74. The van der Waals surface area contributed by atoms with Gasteiger partial charge in [-0.25, -0.2) is 4.98 Å². The molecule has 0 radical (unpaired) electrons. The molecule has 1 aromatic heterocycles. The average molecular weight is 238 g/mol. The van der Waals surface area contributed by atoms with Gasteiger partial charge in [-0.3, -0.25) is 4.79 Å². The summed E-state index contributed by atoms with van der Waals surface area (Å²) in [6.07, 6.45) is 5.03. The molecule has 3 atom stereocenters. The molecule has 5 heteroatoms. The van der Waals surface area contributed by atoms with Crippen LogP contribution in [0.5, 0.6) is 0 Å². The average Bonchev–Trinajstić information content (AvgIpc) is 2.92. The predicted molar refractivity (Wildman–Crippen MR) is 61.4 cm³/mol. The van der Waals surface area contributed by atoms with Crippen molar-refractivity contribution in [1.82, 2.24) is 4.98 Å². The molecule has 4 nitrogen and oxygen atoms in total. The van der Waals surface area contributed by atoms with Crippen molar-refractivity contribution in [3.8, 4) is 0 Å². The summed E-state index contributed by atoms with van der Waals surface area (Å²) in [4.78, 5) is 16.3. The van der Waals surface area contributed by atoms with Crippen molar-refractivity contribution in [2.75, 3.05) is 5.32 Å². The van der Waals surface area contributed by atoms with E-state index < -0.39 is 0 Å². The molecule has 2 aliphatic heterocycles. The molecule has 2 fully saturated rings. The Kier molecular flexibility index (Phi) is 2.26. The monoisotopic (exact) mass is 238 g/mol. The Morgan fingerprint density at radius 2 is 2.56 bits per heavy atom. The first-order valence-electron chi connectivity index (χ1n) is 5.55. The first-order valence-corrected chi connectivity index (χ1v) is 6.43. The maximum Gasteiger partial charge on any atom is 0.234 e. The number of thiazole rings is 1. The van der Waals surface area contributed by atoms with E-state index in [0.717, 1.165) is 19.3 Å². The van der Waals surface area contributed by atoms with E-state index in [0.29, 0.717) is 5.13 Å². The molecule has 0 aliphatic carbocycles. The molecule has 0 unspecified atom stereocenters. The maximum atomic E-state index is 12.2. The predicted octanol–water partition coefficient (Wildman–Crippen LogP) is 2.04. The highest BCUT2D eigenvalue weighted by Gasteiger charge is 2.53. The van der Waals surface area contributed by atoms with E-state index in [2.05, 4.69) is 10.3 Å². The van der Waals surface area contributed by atoms with Crippen molar-refractivity contribution >= 4 is 22.4 Å². The second kappa shape index (κ2) is 3.53. The molecular weight excluding hydrogens is 224 g/mol. The highest BCUT2D eigenvalue weighted by atomic mass is 32.1. The molecule has 0 spiro atoms. The molecule has 3 rings (SSSR count). The smallest absolute Gasteiger partial charge is 0.234 e. The van der Waals surface area contributed by atoms with Crippen molar-refractivity contribution in [3.05, 3.63) is 11.6 Å². The third-order valence-electron chi connectivity index (χ3n) is 3.64. The minimum Gasteiger partial charge on any atom is -0.374 e. The first kappa shape index (κ1) is 10.2. The molecule has 1 N–H and O–H groups in total. The van der Waals surface area contributed by atoms with Crippen LogP contribution in [0.4, 0.5) is 5.13 Å². The van der Waals surface area contributed by atoms with Crippen LogP contribution < -0.4 is 5.32 Å². The van der Waals surface area contributed by atoms with Gasteiger partial charge in [0.25, 0.3) is 0 Å². The fraction of sp³-hybridized carbons (Fsp3) is 0.636. The third kappa shape index (κ3) is 1.46. The molecule has 3 heterocycles. The van der Waals surface area contributed by atoms with Gasteiger partial charge >= 0.3 is 0 Å². The van der Waals surface area contributed by atoms with Crippen LogP contribution in [-0.4, -0.2) is 23.1 Å². The number of amides is 1. The normalized spacial score (nSPS) is 36.6. The molecule has 2 aliphatic rings. The number of nitrogens with one attached hydrogen (secondary N) is 1. The molecule has 0 saturated carbocycles. The van der Waals surface area contributed by atoms with E-state index in [1.807, 2.05) is 12.3 Å². The van der Waals surface area contributed by atoms with E-state index >= 15 is 0 Å². The Morgan fingerprint density at radius 1 is 1.69 bits per heavy atom. The number of carbonyl (C=O) groups excluding carboxylic acids is 1. The third-order valence-corrected chi connectivity index (χ3v) is 4.33. The van der Waals surface area contributed by atoms with Gasteiger partial charge in [0, 0.05) is 11.6 Å². The van der Waals surface area contributed by atoms with Crippen molar-refractivity contribution < 1.29 is 9.53 Å². The standard InChI is InChI=1S/C11H14N2O2S/c1-11(6-7-2-3-8(11)15-7)9(14)13-10-12-4-5-16-10/h4-5,7-8H,2-3,6H2,1H3,(H,12,13,14)/t7-,8+,11+/m1/s1. The quantitative estimate of drug-likeness (QED) is 0.857. The van der Waals surface area contributed by atoms with E-state index in [9.17, 15) is 4.79 Å². The molecule has 86 valence electrons. The zero-order chi connectivity index (χ0) is 11.2. The van der Waals surface area contributed by atoms with E-state index in [1.165, 1.54) is 11.3 Å². The summed E-state index contributed by atoms with van der Waals surface area (Å²) in [5.41, 5.74) is -0.366. The minimum absolute atomic E-state index is 0.0506. The summed E-state index contributed by atoms with van der Waals surface area (Å²) in [5.74, 6) is 0.0506. The molecular formula is C11H14N2O2S. The van der Waals surface area contributed by atoms with Crippen LogP contribution in [0.25, 0.3) is 0 Å². The Balaban J connectivity index is 1.75. The molecule has 2 bridgehead atoms. The first-order chi connectivity index (χ1) is 7.68. The Morgan fingerprint density at radius 3 is 3.12 bits per heavy atom. The number of nitrogens with zero attached hydrogens (tertiary/aromatic N) is 1. The van der Waals surface area contributed by atoms with Crippen LogP contribution in [-0.2, 0) is 9.53 Å². The number of anilines is 1. The zero-order valence-electron chi connectivity index (χ0n) is 9.10. The van der Waals surface area contributed by atoms with Gasteiger partial charge in [0.2, 0.25) is 5.91 Å². The van der Waals surface area contributed by atoms with Crippen LogP contribution in [0.1, 0.15) is 26.2 Å². The van der Waals surface area contributed by atoms with Crippen LogP contribution >= 0.6 is 11.3 Å². The van der Waals surface area contributed by atoms with Crippen LogP contribution in [0.2, 0.25) is 0 Å². The van der Waals surface area contributed by atoms with Gasteiger partial charge in [-0.05, 0) is 26.2 Å². The highest BCUT2D eigenvalue weighted by molar-refractivity contribution is 7.13. The van der Waals surface area contributed by atoms with Crippen LogP contribution in [0, 0.1) is 5.41 Å². The van der Waals surface area contributed by atoms with E-state index in [-0.39, 0.29) is 23.5 Å². The van der Waals surface area contributed by atoms with Crippen LogP contribution in [0.15, 0.2) is 11.6 Å². The molecule has 2 saturated heterocycles. The number of hydrogen-bond acceptors (Lipinski definition) is 4. The maximum absolute atomic E-state index is 12.2. The fourth-order valence-corrected chi connectivity index (χ4v) is 3.22. The Bertz CT molecular complexity index is 406. The Hall–Kier alpha value is -0.940. The molecule has 1 amide bonds. The topological polar surface area (TPSA) is 51.2 Å². The second-order valence-corrected chi connectivity index (χ2v) is 5.63. The lowest BCUT2D eigenvalue weighted by molar-refractivity contribution is -0.127. The summed E-state index contributed by atoms with van der Waals surface area (Å²) in [7, 11) is 0. The van der Waals surface area contributed by atoms with Gasteiger partial charge in [-0.15, -0.1) is 11.3 Å². The summed E-state index contributed by atoms with van der Waals surface area (Å²) < 4.78 is 5.75. The van der Waals surface area contributed by atoms with Crippen molar-refractivity contribution in [2.45, 2.75) is 38.4 Å². The van der Waals surface area contributed by atoms with Gasteiger partial charge in [-0.1, -0.05) is 0 Å². The number of hydrogen-bond donors (Lipinski definition) is 1. The van der Waals surface area contributed by atoms with E-state index in [4.69, 9.17) is 4.74 Å². The number of aromatic nitrogens is 1. The van der Waals surface area contributed by atoms with Crippen molar-refractivity contribution in [1.29, 1.82) is 0 Å².